The van der Waals surface area contributed by atoms with E-state index in [-0.39, 0.29) is 16.2 Å². The molecular weight excluding hydrogens is 366 g/mol. The number of hydrogen-bond donors (Lipinski definition) is 0. The van der Waals surface area contributed by atoms with Crippen molar-refractivity contribution in [2.24, 2.45) is 0 Å². The van der Waals surface area contributed by atoms with Crippen molar-refractivity contribution in [1.29, 1.82) is 5.26 Å². The zero-order valence-corrected chi connectivity index (χ0v) is 13.9. The number of pyridine rings is 1. The normalized spacial score (nSPS) is 11.5. The molecule has 3 aromatic rings. The Hall–Kier alpha value is -2.17. The van der Waals surface area contributed by atoms with E-state index in [2.05, 4.69) is 20.9 Å². The fourth-order valence-corrected chi connectivity index (χ4v) is 4.01. The second-order valence-corrected chi connectivity index (χ2v) is 7.39. The Balaban J connectivity index is 2.36. The van der Waals surface area contributed by atoms with Crippen molar-refractivity contribution in [2.45, 2.75) is 11.8 Å². The molecule has 0 aliphatic carbocycles. The van der Waals surface area contributed by atoms with Crippen LogP contribution < -0.4 is 0 Å². The Morgan fingerprint density at radius 2 is 1.91 bits per heavy atom. The molecule has 7 heteroatoms. The van der Waals surface area contributed by atoms with Gasteiger partial charge in [0.15, 0.2) is 5.65 Å². The van der Waals surface area contributed by atoms with Crippen LogP contribution in [0.25, 0.3) is 11.0 Å². The van der Waals surface area contributed by atoms with E-state index in [4.69, 9.17) is 0 Å². The van der Waals surface area contributed by atoms with Gasteiger partial charge < -0.3 is 0 Å². The number of halogens is 1. The molecule has 0 aliphatic heterocycles. The second kappa shape index (κ2) is 5.23. The van der Waals surface area contributed by atoms with Crippen molar-refractivity contribution in [2.75, 3.05) is 0 Å². The molecule has 0 bridgehead atoms. The highest BCUT2D eigenvalue weighted by atomic mass is 79.9. The lowest BCUT2D eigenvalue weighted by molar-refractivity contribution is 0.588. The molecule has 0 saturated carbocycles. The SMILES string of the molecule is Cc1ccc(S(=O)(=O)n2c(C#N)cc3c(Br)ccnc32)cc1. The van der Waals surface area contributed by atoms with Crippen LogP contribution in [-0.2, 0) is 10.0 Å². The summed E-state index contributed by atoms with van der Waals surface area (Å²) < 4.78 is 27.4. The second-order valence-electron chi connectivity index (χ2n) is 4.75. The molecule has 0 amide bonds. The molecule has 2 heterocycles. The number of aryl methyl sites for hydroxylation is 1. The highest BCUT2D eigenvalue weighted by molar-refractivity contribution is 9.10. The van der Waals surface area contributed by atoms with Crippen LogP contribution in [0.5, 0.6) is 0 Å². The van der Waals surface area contributed by atoms with Crippen molar-refractivity contribution >= 4 is 37.0 Å². The molecule has 0 aliphatic rings. The Kier molecular flexibility index (Phi) is 3.51. The van der Waals surface area contributed by atoms with Crippen LogP contribution in [0.15, 0.2) is 52.0 Å². The molecule has 110 valence electrons. The number of hydrogen-bond acceptors (Lipinski definition) is 4. The van der Waals surface area contributed by atoms with Gasteiger partial charge in [-0.25, -0.2) is 17.4 Å². The molecule has 0 radical (unpaired) electrons. The molecule has 1 aromatic carbocycles. The van der Waals surface area contributed by atoms with E-state index in [9.17, 15) is 13.7 Å². The van der Waals surface area contributed by atoms with Crippen LogP contribution in [0.4, 0.5) is 0 Å². The summed E-state index contributed by atoms with van der Waals surface area (Å²) >= 11 is 3.35. The van der Waals surface area contributed by atoms with Gasteiger partial charge in [-0.1, -0.05) is 17.7 Å². The first-order valence-electron chi connectivity index (χ1n) is 6.33. The average Bonchev–Trinajstić information content (AvgIpc) is 2.88. The first-order chi connectivity index (χ1) is 10.4. The minimum absolute atomic E-state index is 0.0231. The maximum absolute atomic E-state index is 12.9. The molecule has 22 heavy (non-hydrogen) atoms. The predicted molar refractivity (Wildman–Crippen MR) is 85.9 cm³/mol. The first-order valence-corrected chi connectivity index (χ1v) is 8.57. The summed E-state index contributed by atoms with van der Waals surface area (Å²) in [4.78, 5) is 4.24. The van der Waals surface area contributed by atoms with Crippen molar-refractivity contribution in [1.82, 2.24) is 8.96 Å². The molecular formula is C15H10BrN3O2S. The Labute approximate surface area is 136 Å². The summed E-state index contributed by atoms with van der Waals surface area (Å²) in [7, 11) is -3.89. The lowest BCUT2D eigenvalue weighted by Gasteiger charge is -2.08. The summed E-state index contributed by atoms with van der Waals surface area (Å²) in [6.07, 6.45) is 1.49. The maximum Gasteiger partial charge on any atom is 0.270 e. The average molecular weight is 376 g/mol. The van der Waals surface area contributed by atoms with Crippen LogP contribution in [0, 0.1) is 18.3 Å². The van der Waals surface area contributed by atoms with Gasteiger partial charge in [0.05, 0.1) is 4.90 Å². The van der Waals surface area contributed by atoms with E-state index in [0.717, 1.165) is 9.54 Å². The molecule has 0 spiro atoms. The Morgan fingerprint density at radius 1 is 1.23 bits per heavy atom. The van der Waals surface area contributed by atoms with Gasteiger partial charge in [-0.3, -0.25) is 0 Å². The minimum Gasteiger partial charge on any atom is -0.237 e. The smallest absolute Gasteiger partial charge is 0.237 e. The summed E-state index contributed by atoms with van der Waals surface area (Å²) in [5.41, 5.74) is 1.21. The summed E-state index contributed by atoms with van der Waals surface area (Å²) in [5, 5.41) is 9.86. The highest BCUT2D eigenvalue weighted by Gasteiger charge is 2.24. The first kappa shape index (κ1) is 14.8. The van der Waals surface area contributed by atoms with E-state index in [1.165, 1.54) is 24.4 Å². The zero-order chi connectivity index (χ0) is 15.9. The van der Waals surface area contributed by atoms with E-state index < -0.39 is 10.0 Å². The molecule has 0 atom stereocenters. The van der Waals surface area contributed by atoms with E-state index in [1.807, 2.05) is 13.0 Å². The monoisotopic (exact) mass is 375 g/mol. The molecule has 0 saturated heterocycles. The molecule has 5 nitrogen and oxygen atoms in total. The minimum atomic E-state index is -3.89. The fraction of sp³-hybridized carbons (Fsp3) is 0.0667. The van der Waals surface area contributed by atoms with Crippen LogP contribution >= 0.6 is 15.9 Å². The molecule has 0 fully saturated rings. The quantitative estimate of drug-likeness (QED) is 0.688. The Bertz CT molecular complexity index is 1020. The van der Waals surface area contributed by atoms with Gasteiger partial charge in [0, 0.05) is 16.1 Å². The van der Waals surface area contributed by atoms with Crippen LogP contribution in [0.3, 0.4) is 0 Å². The Morgan fingerprint density at radius 3 is 2.55 bits per heavy atom. The number of fused-ring (bicyclic) bond motifs is 1. The van der Waals surface area contributed by atoms with Gasteiger partial charge in [-0.05, 0) is 47.1 Å². The van der Waals surface area contributed by atoms with Gasteiger partial charge in [0.2, 0.25) is 0 Å². The fourth-order valence-electron chi connectivity index (χ4n) is 2.18. The molecule has 0 N–H and O–H groups in total. The van der Waals surface area contributed by atoms with Crippen LogP contribution in [0.2, 0.25) is 0 Å². The lowest BCUT2D eigenvalue weighted by Crippen LogP contribution is -2.15. The molecule has 2 aromatic heterocycles. The summed E-state index contributed by atoms with van der Waals surface area (Å²) in [5.74, 6) is 0. The molecule has 3 rings (SSSR count). The van der Waals surface area contributed by atoms with Gasteiger partial charge >= 0.3 is 0 Å². The maximum atomic E-state index is 12.9. The van der Waals surface area contributed by atoms with Crippen molar-refractivity contribution in [3.05, 3.63) is 58.3 Å². The van der Waals surface area contributed by atoms with Crippen LogP contribution in [-0.4, -0.2) is 17.4 Å². The van der Waals surface area contributed by atoms with E-state index in [0.29, 0.717) is 9.86 Å². The third-order valence-electron chi connectivity index (χ3n) is 3.28. The van der Waals surface area contributed by atoms with Crippen molar-refractivity contribution in [3.8, 4) is 6.07 Å². The van der Waals surface area contributed by atoms with Gasteiger partial charge in [-0.2, -0.15) is 5.26 Å². The third-order valence-corrected chi connectivity index (χ3v) is 5.69. The van der Waals surface area contributed by atoms with Crippen LogP contribution in [0.1, 0.15) is 11.3 Å². The van der Waals surface area contributed by atoms with Crippen molar-refractivity contribution < 1.29 is 8.42 Å². The summed E-state index contributed by atoms with van der Waals surface area (Å²) in [6.45, 7) is 1.88. The number of nitriles is 1. The van der Waals surface area contributed by atoms with Gasteiger partial charge in [0.25, 0.3) is 10.0 Å². The van der Waals surface area contributed by atoms with E-state index >= 15 is 0 Å². The van der Waals surface area contributed by atoms with Crippen molar-refractivity contribution in [3.63, 3.8) is 0 Å². The number of benzene rings is 1. The van der Waals surface area contributed by atoms with E-state index in [1.54, 1.807) is 18.2 Å². The largest absolute Gasteiger partial charge is 0.270 e. The summed E-state index contributed by atoms with van der Waals surface area (Å²) in [6, 6.07) is 11.6. The number of rotatable bonds is 2. The van der Waals surface area contributed by atoms with Gasteiger partial charge in [-0.15, -0.1) is 0 Å². The predicted octanol–water partition coefficient (Wildman–Crippen LogP) is 3.22. The zero-order valence-electron chi connectivity index (χ0n) is 11.5. The number of aromatic nitrogens is 2. The topological polar surface area (TPSA) is 75.8 Å². The van der Waals surface area contributed by atoms with Gasteiger partial charge in [0.1, 0.15) is 11.8 Å². The highest BCUT2D eigenvalue weighted by Crippen LogP contribution is 2.28. The third kappa shape index (κ3) is 2.21. The lowest BCUT2D eigenvalue weighted by atomic mass is 10.2. The number of nitrogens with zero attached hydrogens (tertiary/aromatic N) is 3. The molecule has 0 unspecified atom stereocenters. The standard InChI is InChI=1S/C15H10BrN3O2S/c1-10-2-4-12(5-3-10)22(20,21)19-11(9-17)8-13-14(16)6-7-18-15(13)19/h2-8H,1H3.